The van der Waals surface area contributed by atoms with Crippen LogP contribution in [0.25, 0.3) is 0 Å². The molecular formula is C11H13ClO4S. The number of halogens is 1. The number of carboxylic acid groups (broad SMARTS) is 1. The highest BCUT2D eigenvalue weighted by Gasteiger charge is 2.23. The van der Waals surface area contributed by atoms with Crippen molar-refractivity contribution in [1.82, 2.24) is 0 Å². The maximum absolute atomic E-state index is 11.9. The molecular weight excluding hydrogens is 264 g/mol. The zero-order chi connectivity index (χ0) is 13.2. The number of rotatable bonds is 4. The van der Waals surface area contributed by atoms with Crippen LogP contribution >= 0.6 is 11.6 Å². The normalized spacial score (nSPS) is 13.4. The molecule has 1 rings (SSSR count). The third-order valence-corrected chi connectivity index (χ3v) is 4.71. The standard InChI is InChI=1S/C11H13ClO4S/c1-7-5-9(3-4-10(7)12)17(15,16)6-8(2)11(13)14/h3-5,8H,6H2,1-2H3,(H,13,14). The van der Waals surface area contributed by atoms with Gasteiger partial charge in [0.2, 0.25) is 0 Å². The van der Waals surface area contributed by atoms with Gasteiger partial charge in [-0.3, -0.25) is 4.79 Å². The number of carboxylic acids is 1. The fraction of sp³-hybridized carbons (Fsp3) is 0.364. The molecule has 0 aliphatic carbocycles. The van der Waals surface area contributed by atoms with E-state index in [0.29, 0.717) is 10.6 Å². The zero-order valence-corrected chi connectivity index (χ0v) is 11.0. The molecule has 0 spiro atoms. The SMILES string of the molecule is Cc1cc(S(=O)(=O)CC(C)C(=O)O)ccc1Cl. The van der Waals surface area contributed by atoms with Crippen LogP contribution in [0.3, 0.4) is 0 Å². The van der Waals surface area contributed by atoms with E-state index in [-0.39, 0.29) is 4.90 Å². The minimum atomic E-state index is -3.58. The van der Waals surface area contributed by atoms with Crippen LogP contribution in [-0.4, -0.2) is 25.2 Å². The summed E-state index contributed by atoms with van der Waals surface area (Å²) in [7, 11) is -3.58. The molecule has 1 unspecified atom stereocenters. The van der Waals surface area contributed by atoms with Gasteiger partial charge in [0.1, 0.15) is 0 Å². The van der Waals surface area contributed by atoms with Crippen LogP contribution in [0.4, 0.5) is 0 Å². The Morgan fingerprint density at radius 2 is 2.06 bits per heavy atom. The molecule has 17 heavy (non-hydrogen) atoms. The molecule has 0 saturated carbocycles. The van der Waals surface area contributed by atoms with Gasteiger partial charge in [0.05, 0.1) is 16.6 Å². The monoisotopic (exact) mass is 276 g/mol. The summed E-state index contributed by atoms with van der Waals surface area (Å²) in [5, 5.41) is 9.19. The average molecular weight is 277 g/mol. The minimum absolute atomic E-state index is 0.104. The summed E-state index contributed by atoms with van der Waals surface area (Å²) in [6, 6.07) is 4.33. The first-order valence-corrected chi connectivity index (χ1v) is 6.99. The van der Waals surface area contributed by atoms with Gasteiger partial charge in [0, 0.05) is 5.02 Å². The Balaban J connectivity index is 3.05. The number of aryl methyl sites for hydroxylation is 1. The molecule has 6 heteroatoms. The third kappa shape index (κ3) is 3.44. The van der Waals surface area contributed by atoms with Crippen LogP contribution in [0, 0.1) is 12.8 Å². The van der Waals surface area contributed by atoms with Crippen LogP contribution in [0.1, 0.15) is 12.5 Å². The summed E-state index contributed by atoms with van der Waals surface area (Å²) < 4.78 is 23.8. The van der Waals surface area contributed by atoms with Crippen molar-refractivity contribution < 1.29 is 18.3 Å². The molecule has 94 valence electrons. The first-order valence-electron chi connectivity index (χ1n) is 4.96. The topological polar surface area (TPSA) is 71.4 Å². The van der Waals surface area contributed by atoms with E-state index in [0.717, 1.165) is 0 Å². The summed E-state index contributed by atoms with van der Waals surface area (Å²) in [6.07, 6.45) is 0. The Morgan fingerprint density at radius 1 is 1.47 bits per heavy atom. The van der Waals surface area contributed by atoms with Crippen molar-refractivity contribution >= 4 is 27.4 Å². The summed E-state index contributed by atoms with van der Waals surface area (Å²) in [5.74, 6) is -2.47. The molecule has 0 heterocycles. The number of aliphatic carboxylic acids is 1. The van der Waals surface area contributed by atoms with Crippen molar-refractivity contribution in [3.8, 4) is 0 Å². The Bertz CT molecular complexity index is 536. The van der Waals surface area contributed by atoms with E-state index in [2.05, 4.69) is 0 Å². The van der Waals surface area contributed by atoms with Gasteiger partial charge in [-0.15, -0.1) is 0 Å². The number of hydrogen-bond acceptors (Lipinski definition) is 3. The predicted molar refractivity (Wildman–Crippen MR) is 65.0 cm³/mol. The Hall–Kier alpha value is -1.07. The van der Waals surface area contributed by atoms with Gasteiger partial charge in [0.25, 0.3) is 0 Å². The molecule has 1 atom stereocenters. The molecule has 4 nitrogen and oxygen atoms in total. The summed E-state index contributed by atoms with van der Waals surface area (Å²) >= 11 is 5.80. The molecule has 0 aliphatic heterocycles. The van der Waals surface area contributed by atoms with Gasteiger partial charge < -0.3 is 5.11 Å². The molecule has 0 radical (unpaired) electrons. The van der Waals surface area contributed by atoms with E-state index in [1.807, 2.05) is 0 Å². The van der Waals surface area contributed by atoms with Crippen molar-refractivity contribution in [2.75, 3.05) is 5.75 Å². The average Bonchev–Trinajstić information content (AvgIpc) is 2.21. The van der Waals surface area contributed by atoms with Crippen LogP contribution in [0.5, 0.6) is 0 Å². The first kappa shape index (κ1) is 14.0. The molecule has 1 aromatic carbocycles. The molecule has 0 bridgehead atoms. The van der Waals surface area contributed by atoms with Crippen molar-refractivity contribution in [3.63, 3.8) is 0 Å². The second kappa shape index (κ2) is 5.06. The lowest BCUT2D eigenvalue weighted by molar-refractivity contribution is -0.140. The van der Waals surface area contributed by atoms with Crippen LogP contribution in [0.2, 0.25) is 5.02 Å². The van der Waals surface area contributed by atoms with E-state index in [1.54, 1.807) is 6.92 Å². The lowest BCUT2D eigenvalue weighted by Gasteiger charge is -2.09. The smallest absolute Gasteiger partial charge is 0.307 e. The number of hydrogen-bond donors (Lipinski definition) is 1. The largest absolute Gasteiger partial charge is 0.481 e. The number of carbonyl (C=O) groups is 1. The fourth-order valence-corrected chi connectivity index (χ4v) is 3.05. The molecule has 1 N–H and O–H groups in total. The van der Waals surface area contributed by atoms with Gasteiger partial charge in [-0.2, -0.15) is 0 Å². The highest BCUT2D eigenvalue weighted by Crippen LogP contribution is 2.21. The highest BCUT2D eigenvalue weighted by atomic mass is 35.5. The third-order valence-electron chi connectivity index (χ3n) is 2.38. The molecule has 1 aromatic rings. The van der Waals surface area contributed by atoms with Gasteiger partial charge >= 0.3 is 5.97 Å². The molecule has 0 fully saturated rings. The van der Waals surface area contributed by atoms with Crippen LogP contribution < -0.4 is 0 Å². The highest BCUT2D eigenvalue weighted by molar-refractivity contribution is 7.91. The van der Waals surface area contributed by atoms with Crippen LogP contribution in [0.15, 0.2) is 23.1 Å². The van der Waals surface area contributed by atoms with E-state index in [4.69, 9.17) is 16.7 Å². The van der Waals surface area contributed by atoms with Crippen molar-refractivity contribution in [1.29, 1.82) is 0 Å². The van der Waals surface area contributed by atoms with Gasteiger partial charge in [-0.05, 0) is 30.7 Å². The maximum Gasteiger partial charge on any atom is 0.307 e. The van der Waals surface area contributed by atoms with Crippen LogP contribution in [-0.2, 0) is 14.6 Å². The fourth-order valence-electron chi connectivity index (χ4n) is 1.31. The summed E-state index contributed by atoms with van der Waals surface area (Å²) in [4.78, 5) is 10.7. The number of benzene rings is 1. The summed E-state index contributed by atoms with van der Waals surface area (Å²) in [5.41, 5.74) is 0.649. The second-order valence-corrected chi connectivity index (χ2v) is 6.37. The van der Waals surface area contributed by atoms with E-state index in [9.17, 15) is 13.2 Å². The van der Waals surface area contributed by atoms with Crippen molar-refractivity contribution in [2.24, 2.45) is 5.92 Å². The van der Waals surface area contributed by atoms with E-state index in [1.165, 1.54) is 25.1 Å². The predicted octanol–water partition coefficient (Wildman–Crippen LogP) is 2.14. The van der Waals surface area contributed by atoms with Crippen molar-refractivity contribution in [2.45, 2.75) is 18.7 Å². The molecule has 0 amide bonds. The Labute approximate surface area is 105 Å². The zero-order valence-electron chi connectivity index (χ0n) is 9.47. The van der Waals surface area contributed by atoms with Gasteiger partial charge in [0.15, 0.2) is 9.84 Å². The van der Waals surface area contributed by atoms with E-state index < -0.39 is 27.5 Å². The quantitative estimate of drug-likeness (QED) is 0.915. The first-order chi connectivity index (χ1) is 7.74. The molecule has 0 saturated heterocycles. The Morgan fingerprint density at radius 3 is 2.53 bits per heavy atom. The lowest BCUT2D eigenvalue weighted by atomic mass is 10.2. The molecule has 0 aromatic heterocycles. The Kier molecular flexibility index (Phi) is 4.16. The summed E-state index contributed by atoms with van der Waals surface area (Å²) in [6.45, 7) is 3.06. The minimum Gasteiger partial charge on any atom is -0.481 e. The van der Waals surface area contributed by atoms with E-state index >= 15 is 0 Å². The second-order valence-electron chi connectivity index (χ2n) is 3.93. The lowest BCUT2D eigenvalue weighted by Crippen LogP contribution is -2.21. The van der Waals surface area contributed by atoms with Gasteiger partial charge in [-0.25, -0.2) is 8.42 Å². The number of sulfone groups is 1. The van der Waals surface area contributed by atoms with Gasteiger partial charge in [-0.1, -0.05) is 18.5 Å². The maximum atomic E-state index is 11.9. The molecule has 0 aliphatic rings. The van der Waals surface area contributed by atoms with Crippen molar-refractivity contribution in [3.05, 3.63) is 28.8 Å².